The third-order valence-electron chi connectivity index (χ3n) is 2.01. The second kappa shape index (κ2) is 5.50. The van der Waals surface area contributed by atoms with Gasteiger partial charge in [-0.05, 0) is 12.1 Å². The lowest BCUT2D eigenvalue weighted by Crippen LogP contribution is -1.92. The monoisotopic (exact) mass is 232 g/mol. The first kappa shape index (κ1) is 10.9. The molecule has 2 aromatic heterocycles. The van der Waals surface area contributed by atoms with Gasteiger partial charge in [-0.15, -0.1) is 11.3 Å². The maximum atomic E-state index is 8.61. The smallest absolute Gasteiger partial charge is 0.0949 e. The van der Waals surface area contributed by atoms with Gasteiger partial charge in [-0.25, -0.2) is 4.98 Å². The molecule has 0 radical (unpaired) electrons. The van der Waals surface area contributed by atoms with Gasteiger partial charge in [0.2, 0.25) is 0 Å². The molecule has 0 bridgehead atoms. The molecule has 0 aliphatic rings. The second-order valence-corrected chi connectivity index (χ2v) is 4.44. The molecule has 0 unspecified atom stereocenters. The first-order valence-corrected chi connectivity index (χ1v) is 5.84. The van der Waals surface area contributed by atoms with E-state index in [0.29, 0.717) is 6.42 Å². The van der Waals surface area contributed by atoms with E-state index >= 15 is 0 Å². The number of hydrogen-bond donors (Lipinski definition) is 1. The summed E-state index contributed by atoms with van der Waals surface area (Å²) in [6.45, 7) is 0.965. The molecule has 4 heteroatoms. The van der Waals surface area contributed by atoms with Gasteiger partial charge >= 0.3 is 0 Å². The number of aliphatic hydroxyl groups excluding tert-OH is 1. The zero-order chi connectivity index (χ0) is 11.2. The lowest BCUT2D eigenvalue weighted by Gasteiger charge is -1.96. The SMILES string of the molecule is OCCC#Cc1ccc(Cn2ccnc2)s1. The number of aromatic nitrogens is 2. The van der Waals surface area contributed by atoms with E-state index in [-0.39, 0.29) is 6.61 Å². The Labute approximate surface area is 98.4 Å². The van der Waals surface area contributed by atoms with Gasteiger partial charge < -0.3 is 9.67 Å². The van der Waals surface area contributed by atoms with Gasteiger partial charge in [0, 0.05) is 23.7 Å². The van der Waals surface area contributed by atoms with Crippen molar-refractivity contribution in [1.29, 1.82) is 0 Å². The van der Waals surface area contributed by atoms with Crippen LogP contribution >= 0.6 is 11.3 Å². The van der Waals surface area contributed by atoms with Crippen LogP contribution in [0.2, 0.25) is 0 Å². The highest BCUT2D eigenvalue weighted by Crippen LogP contribution is 2.16. The van der Waals surface area contributed by atoms with Crippen molar-refractivity contribution in [3.8, 4) is 11.8 Å². The predicted molar refractivity (Wildman–Crippen MR) is 64.2 cm³/mol. The number of rotatable bonds is 3. The van der Waals surface area contributed by atoms with E-state index in [0.717, 1.165) is 11.4 Å². The maximum Gasteiger partial charge on any atom is 0.0949 e. The van der Waals surface area contributed by atoms with Crippen LogP contribution in [-0.2, 0) is 6.54 Å². The fourth-order valence-corrected chi connectivity index (χ4v) is 2.19. The van der Waals surface area contributed by atoms with Crippen molar-refractivity contribution in [2.75, 3.05) is 6.61 Å². The van der Waals surface area contributed by atoms with Crippen LogP contribution in [0.5, 0.6) is 0 Å². The Morgan fingerprint density at radius 1 is 1.44 bits per heavy atom. The summed E-state index contributed by atoms with van der Waals surface area (Å²) in [5.41, 5.74) is 0. The van der Waals surface area contributed by atoms with Gasteiger partial charge in [0.05, 0.1) is 24.4 Å². The summed E-state index contributed by atoms with van der Waals surface area (Å²) >= 11 is 1.68. The molecule has 1 N–H and O–H groups in total. The fourth-order valence-electron chi connectivity index (χ4n) is 1.30. The molecule has 0 saturated heterocycles. The van der Waals surface area contributed by atoms with Crippen molar-refractivity contribution in [2.24, 2.45) is 0 Å². The molecule has 2 aromatic rings. The van der Waals surface area contributed by atoms with Crippen LogP contribution in [-0.4, -0.2) is 21.3 Å². The van der Waals surface area contributed by atoms with Gasteiger partial charge in [-0.1, -0.05) is 11.8 Å². The molecule has 0 aliphatic carbocycles. The Morgan fingerprint density at radius 2 is 2.38 bits per heavy atom. The highest BCUT2D eigenvalue weighted by atomic mass is 32.1. The molecule has 0 aliphatic heterocycles. The highest BCUT2D eigenvalue weighted by Gasteiger charge is 1.98. The van der Waals surface area contributed by atoms with Gasteiger partial charge in [-0.3, -0.25) is 0 Å². The summed E-state index contributed by atoms with van der Waals surface area (Å²) in [4.78, 5) is 6.30. The summed E-state index contributed by atoms with van der Waals surface area (Å²) in [6.07, 6.45) is 6.05. The summed E-state index contributed by atoms with van der Waals surface area (Å²) < 4.78 is 2.02. The van der Waals surface area contributed by atoms with E-state index in [1.54, 1.807) is 23.9 Å². The van der Waals surface area contributed by atoms with E-state index in [1.165, 1.54) is 4.88 Å². The largest absolute Gasteiger partial charge is 0.395 e. The van der Waals surface area contributed by atoms with Gasteiger partial charge in [-0.2, -0.15) is 0 Å². The first-order valence-electron chi connectivity index (χ1n) is 5.02. The molecule has 0 amide bonds. The quantitative estimate of drug-likeness (QED) is 0.818. The van der Waals surface area contributed by atoms with Gasteiger partial charge in [0.15, 0.2) is 0 Å². The van der Waals surface area contributed by atoms with Crippen LogP contribution in [0.25, 0.3) is 0 Å². The van der Waals surface area contributed by atoms with Crippen molar-refractivity contribution in [3.05, 3.63) is 40.6 Å². The van der Waals surface area contributed by atoms with Crippen LogP contribution < -0.4 is 0 Å². The van der Waals surface area contributed by atoms with E-state index < -0.39 is 0 Å². The van der Waals surface area contributed by atoms with Gasteiger partial charge in [0.25, 0.3) is 0 Å². The van der Waals surface area contributed by atoms with E-state index in [4.69, 9.17) is 5.11 Å². The number of hydrogen-bond acceptors (Lipinski definition) is 3. The lowest BCUT2D eigenvalue weighted by molar-refractivity contribution is 0.305. The minimum Gasteiger partial charge on any atom is -0.395 e. The second-order valence-electron chi connectivity index (χ2n) is 3.28. The summed E-state index contributed by atoms with van der Waals surface area (Å²) in [5, 5.41) is 8.61. The van der Waals surface area contributed by atoms with Gasteiger partial charge in [0.1, 0.15) is 0 Å². The topological polar surface area (TPSA) is 38.0 Å². The molecule has 0 saturated carbocycles. The van der Waals surface area contributed by atoms with Crippen LogP contribution in [0.1, 0.15) is 16.2 Å². The summed E-state index contributed by atoms with van der Waals surface area (Å²) in [6, 6.07) is 4.09. The van der Waals surface area contributed by atoms with E-state index in [2.05, 4.69) is 22.9 Å². The molecule has 0 atom stereocenters. The number of nitrogens with zero attached hydrogens (tertiary/aromatic N) is 2. The molecule has 2 heterocycles. The molecule has 2 rings (SSSR count). The van der Waals surface area contributed by atoms with Crippen molar-refractivity contribution in [1.82, 2.24) is 9.55 Å². The summed E-state index contributed by atoms with van der Waals surface area (Å²) in [5.74, 6) is 5.94. The van der Waals surface area contributed by atoms with Crippen LogP contribution in [0.15, 0.2) is 30.9 Å². The number of aliphatic hydroxyl groups is 1. The lowest BCUT2D eigenvalue weighted by atomic mass is 10.4. The molecule has 82 valence electrons. The Hall–Kier alpha value is -1.57. The fraction of sp³-hybridized carbons (Fsp3) is 0.250. The summed E-state index contributed by atoms with van der Waals surface area (Å²) in [7, 11) is 0. The zero-order valence-electron chi connectivity index (χ0n) is 8.76. The van der Waals surface area contributed by atoms with Crippen LogP contribution in [0, 0.1) is 11.8 Å². The molecular weight excluding hydrogens is 220 g/mol. The average Bonchev–Trinajstić information content (AvgIpc) is 2.91. The third kappa shape index (κ3) is 2.96. The molecule has 0 fully saturated rings. The molecular formula is C12H12N2OS. The maximum absolute atomic E-state index is 8.61. The predicted octanol–water partition coefficient (Wildman–Crippen LogP) is 1.73. The molecule has 16 heavy (non-hydrogen) atoms. The highest BCUT2D eigenvalue weighted by molar-refractivity contribution is 7.12. The number of thiophene rings is 1. The normalized spacial score (nSPS) is 9.81. The Morgan fingerprint density at radius 3 is 3.12 bits per heavy atom. The van der Waals surface area contributed by atoms with E-state index in [1.807, 2.05) is 16.8 Å². The minimum atomic E-state index is 0.125. The third-order valence-corrected chi connectivity index (χ3v) is 2.99. The molecule has 0 spiro atoms. The van der Waals surface area contributed by atoms with Crippen LogP contribution in [0.4, 0.5) is 0 Å². The van der Waals surface area contributed by atoms with Crippen molar-refractivity contribution >= 4 is 11.3 Å². The van der Waals surface area contributed by atoms with E-state index in [9.17, 15) is 0 Å². The van der Waals surface area contributed by atoms with Crippen LogP contribution in [0.3, 0.4) is 0 Å². The Balaban J connectivity index is 2.00. The van der Waals surface area contributed by atoms with Crippen molar-refractivity contribution < 1.29 is 5.11 Å². The molecule has 0 aromatic carbocycles. The van der Waals surface area contributed by atoms with Crippen molar-refractivity contribution in [2.45, 2.75) is 13.0 Å². The Kier molecular flexibility index (Phi) is 3.76. The molecule has 3 nitrogen and oxygen atoms in total. The zero-order valence-corrected chi connectivity index (χ0v) is 9.57. The van der Waals surface area contributed by atoms with Crippen molar-refractivity contribution in [3.63, 3.8) is 0 Å². The standard InChI is InChI=1S/C12H12N2OS/c15-8-2-1-3-11-4-5-12(16-11)9-14-7-6-13-10-14/h4-7,10,15H,2,8-9H2. The average molecular weight is 232 g/mol. The Bertz CT molecular complexity index is 491. The first-order chi connectivity index (χ1) is 7.88. The number of imidazole rings is 1. The minimum absolute atomic E-state index is 0.125.